The Morgan fingerprint density at radius 2 is 1.73 bits per heavy atom. The number of hydrogen-bond donors (Lipinski definition) is 2. The van der Waals surface area contributed by atoms with Crippen LogP contribution < -0.4 is 22.8 Å². The van der Waals surface area contributed by atoms with Gasteiger partial charge in [0, 0.05) is 16.2 Å². The van der Waals surface area contributed by atoms with Gasteiger partial charge in [-0.2, -0.15) is 13.2 Å². The van der Waals surface area contributed by atoms with Crippen molar-refractivity contribution in [3.05, 3.63) is 55.0 Å². The van der Waals surface area contributed by atoms with Gasteiger partial charge < -0.3 is 11.6 Å². The Bertz CT molecular complexity index is 872. The van der Waals surface area contributed by atoms with Crippen LogP contribution in [0.15, 0.2) is 32.3 Å². The summed E-state index contributed by atoms with van der Waals surface area (Å²) in [6, 6.07) is 1.89. The van der Waals surface area contributed by atoms with Crippen LogP contribution in [0.5, 0.6) is 0 Å². The Labute approximate surface area is 127 Å². The molecule has 0 radical (unpaired) electrons. The molecule has 118 valence electrons. The lowest BCUT2D eigenvalue weighted by molar-refractivity contribution is -0.143. The molecule has 0 aliphatic carbocycles. The molecule has 22 heavy (non-hydrogen) atoms. The molecule has 0 aliphatic heterocycles. The molecule has 2 aromatic rings. The van der Waals surface area contributed by atoms with Crippen molar-refractivity contribution < 1.29 is 17.6 Å². The fourth-order valence-corrected chi connectivity index (χ4v) is 2.04. The van der Waals surface area contributed by atoms with E-state index in [1.807, 2.05) is 0 Å². The van der Waals surface area contributed by atoms with Crippen molar-refractivity contribution >= 4 is 21.6 Å². The number of alkyl halides is 3. The van der Waals surface area contributed by atoms with E-state index in [2.05, 4.69) is 15.9 Å². The van der Waals surface area contributed by atoms with Gasteiger partial charge in [-0.3, -0.25) is 4.79 Å². The van der Waals surface area contributed by atoms with Crippen LogP contribution in [-0.2, 0) is 6.18 Å². The van der Waals surface area contributed by atoms with Crippen molar-refractivity contribution in [2.24, 2.45) is 0 Å². The lowest BCUT2D eigenvalue weighted by Crippen LogP contribution is -2.45. The van der Waals surface area contributed by atoms with Gasteiger partial charge in [0.25, 0.3) is 5.56 Å². The molecular formula is C11H7BrF4N4O2. The molecule has 0 amide bonds. The Hall–Kier alpha value is -2.30. The molecule has 11 heteroatoms. The normalized spacial score (nSPS) is 11.7. The summed E-state index contributed by atoms with van der Waals surface area (Å²) in [5.41, 5.74) is 0.292. The van der Waals surface area contributed by atoms with E-state index in [1.54, 1.807) is 0 Å². The maximum atomic E-state index is 13.9. The number of aromatic nitrogens is 2. The minimum atomic E-state index is -5.01. The molecule has 0 fully saturated rings. The third-order valence-electron chi connectivity index (χ3n) is 2.73. The summed E-state index contributed by atoms with van der Waals surface area (Å²) in [6.07, 6.45) is -5.01. The predicted octanol–water partition coefficient (Wildman–Crippen LogP) is 1.22. The highest BCUT2D eigenvalue weighted by atomic mass is 79.9. The summed E-state index contributed by atoms with van der Waals surface area (Å²) in [5, 5.41) is 0. The van der Waals surface area contributed by atoms with E-state index in [-0.39, 0.29) is 25.5 Å². The molecule has 1 aromatic carbocycles. The molecular weight excluding hydrogens is 376 g/mol. The number of nitrogens with zero attached hydrogens (tertiary/aromatic N) is 2. The van der Waals surface area contributed by atoms with Crippen LogP contribution in [-0.4, -0.2) is 9.24 Å². The lowest BCUT2D eigenvalue weighted by atomic mass is 10.2. The van der Waals surface area contributed by atoms with Crippen LogP contribution in [0.3, 0.4) is 0 Å². The van der Waals surface area contributed by atoms with Gasteiger partial charge in [-0.25, -0.2) is 18.4 Å². The second-order valence-corrected chi connectivity index (χ2v) is 5.03. The quantitative estimate of drug-likeness (QED) is 0.440. The average molecular weight is 383 g/mol. The Morgan fingerprint density at radius 3 is 2.27 bits per heavy atom. The summed E-state index contributed by atoms with van der Waals surface area (Å²) < 4.78 is 51.9. The van der Waals surface area contributed by atoms with Crippen molar-refractivity contribution in [1.29, 1.82) is 0 Å². The second kappa shape index (κ2) is 5.16. The first-order chi connectivity index (χ1) is 10.0. The molecule has 0 aliphatic rings. The number of anilines is 1. The fraction of sp³-hybridized carbons (Fsp3) is 0.0909. The molecule has 0 spiro atoms. The Morgan fingerprint density at radius 1 is 1.14 bits per heavy atom. The maximum Gasteiger partial charge on any atom is 0.433 e. The highest BCUT2D eigenvalue weighted by Gasteiger charge is 2.36. The number of halogens is 5. The minimum Gasteiger partial charge on any atom is -0.398 e. The van der Waals surface area contributed by atoms with Gasteiger partial charge >= 0.3 is 11.9 Å². The van der Waals surface area contributed by atoms with Gasteiger partial charge in [0.05, 0.1) is 5.69 Å². The first kappa shape index (κ1) is 16.1. The number of nitrogen functional groups attached to an aromatic ring is 2. The smallest absolute Gasteiger partial charge is 0.398 e. The third-order valence-corrected chi connectivity index (χ3v) is 3.42. The summed E-state index contributed by atoms with van der Waals surface area (Å²) in [7, 11) is 0. The van der Waals surface area contributed by atoms with Crippen LogP contribution in [0.1, 0.15) is 5.69 Å². The Balaban J connectivity index is 2.85. The van der Waals surface area contributed by atoms with Gasteiger partial charge in [-0.05, 0) is 28.1 Å². The molecule has 0 saturated heterocycles. The van der Waals surface area contributed by atoms with Crippen LogP contribution in [0, 0.1) is 5.82 Å². The van der Waals surface area contributed by atoms with Crippen molar-refractivity contribution in [3.8, 4) is 5.69 Å². The average Bonchev–Trinajstić information content (AvgIpc) is 2.38. The van der Waals surface area contributed by atoms with Crippen LogP contribution in [0.4, 0.5) is 23.2 Å². The molecule has 0 atom stereocenters. The van der Waals surface area contributed by atoms with E-state index >= 15 is 0 Å². The van der Waals surface area contributed by atoms with E-state index in [4.69, 9.17) is 11.6 Å². The number of nitrogens with two attached hydrogens (primary N) is 2. The zero-order valence-electron chi connectivity index (χ0n) is 10.5. The zero-order chi connectivity index (χ0) is 16.8. The van der Waals surface area contributed by atoms with Crippen molar-refractivity contribution in [1.82, 2.24) is 9.24 Å². The molecule has 2 rings (SSSR count). The molecule has 1 heterocycles. The SMILES string of the molecule is Nc1cc(-n2c(=O)cc(C(F)(F)F)n(N)c2=O)c(F)cc1Br. The monoisotopic (exact) mass is 382 g/mol. The van der Waals surface area contributed by atoms with Gasteiger partial charge in [0.1, 0.15) is 5.82 Å². The highest BCUT2D eigenvalue weighted by molar-refractivity contribution is 9.10. The summed E-state index contributed by atoms with van der Waals surface area (Å²) >= 11 is 2.93. The second-order valence-electron chi connectivity index (χ2n) is 4.18. The van der Waals surface area contributed by atoms with Crippen LogP contribution >= 0.6 is 15.9 Å². The number of hydrogen-bond acceptors (Lipinski definition) is 4. The molecule has 6 nitrogen and oxygen atoms in total. The predicted molar refractivity (Wildman–Crippen MR) is 73.5 cm³/mol. The standard InChI is InChI=1S/C11H7BrF4N4O2/c12-4-1-5(13)7(2-6(4)17)19-9(21)3-8(11(14,15)16)20(18)10(19)22/h1-3H,17-18H2. The van der Waals surface area contributed by atoms with Gasteiger partial charge in [0.15, 0.2) is 5.69 Å². The van der Waals surface area contributed by atoms with E-state index in [0.717, 1.165) is 12.1 Å². The first-order valence-electron chi connectivity index (χ1n) is 5.50. The fourth-order valence-electron chi connectivity index (χ4n) is 1.72. The topological polar surface area (TPSA) is 96.0 Å². The van der Waals surface area contributed by atoms with E-state index in [1.165, 1.54) is 0 Å². The van der Waals surface area contributed by atoms with E-state index in [9.17, 15) is 27.2 Å². The van der Waals surface area contributed by atoms with Crippen molar-refractivity contribution in [2.45, 2.75) is 6.18 Å². The molecule has 0 unspecified atom stereocenters. The van der Waals surface area contributed by atoms with E-state index < -0.39 is 34.6 Å². The third kappa shape index (κ3) is 2.58. The minimum absolute atomic E-state index is 0.0221. The van der Waals surface area contributed by atoms with Gasteiger partial charge in [0.2, 0.25) is 0 Å². The molecule has 4 N–H and O–H groups in total. The molecule has 0 bridgehead atoms. The summed E-state index contributed by atoms with van der Waals surface area (Å²) in [6.45, 7) is 0. The maximum absolute atomic E-state index is 13.9. The summed E-state index contributed by atoms with van der Waals surface area (Å²) in [4.78, 5) is 23.7. The first-order valence-corrected chi connectivity index (χ1v) is 6.29. The van der Waals surface area contributed by atoms with Crippen LogP contribution in [0.25, 0.3) is 5.69 Å². The molecule has 0 saturated carbocycles. The van der Waals surface area contributed by atoms with Gasteiger partial charge in [-0.15, -0.1) is 0 Å². The van der Waals surface area contributed by atoms with E-state index in [0.29, 0.717) is 0 Å². The van der Waals surface area contributed by atoms with Crippen LogP contribution in [0.2, 0.25) is 0 Å². The van der Waals surface area contributed by atoms with Crippen molar-refractivity contribution in [3.63, 3.8) is 0 Å². The van der Waals surface area contributed by atoms with Gasteiger partial charge in [-0.1, -0.05) is 0 Å². The molecule has 1 aromatic heterocycles. The number of rotatable bonds is 1. The largest absolute Gasteiger partial charge is 0.433 e. The number of benzene rings is 1. The lowest BCUT2D eigenvalue weighted by Gasteiger charge is -2.14. The highest BCUT2D eigenvalue weighted by Crippen LogP contribution is 2.27. The zero-order valence-corrected chi connectivity index (χ0v) is 12.1. The van der Waals surface area contributed by atoms with Crippen molar-refractivity contribution in [2.75, 3.05) is 11.6 Å². The Kier molecular flexibility index (Phi) is 3.77. The summed E-state index contributed by atoms with van der Waals surface area (Å²) in [5.74, 6) is 4.01.